The fourth-order valence-electron chi connectivity index (χ4n) is 5.58. The van der Waals surface area contributed by atoms with Crippen LogP contribution in [-0.4, -0.2) is 0 Å². The molecule has 0 bridgehead atoms. The van der Waals surface area contributed by atoms with Crippen LogP contribution >= 0.6 is 0 Å². The zero-order valence-electron chi connectivity index (χ0n) is 32.3. The van der Waals surface area contributed by atoms with Crippen molar-refractivity contribution in [1.82, 2.24) is 0 Å². The van der Waals surface area contributed by atoms with Gasteiger partial charge in [0, 0.05) is 0 Å². The summed E-state index contributed by atoms with van der Waals surface area (Å²) >= 11 is 0. The van der Waals surface area contributed by atoms with Crippen LogP contribution in [0.15, 0.2) is 24.3 Å². The molecule has 0 nitrogen and oxygen atoms in total. The predicted octanol–water partition coefficient (Wildman–Crippen LogP) is 18.1. The van der Waals surface area contributed by atoms with Gasteiger partial charge < -0.3 is 0 Å². The van der Waals surface area contributed by atoms with E-state index in [4.69, 9.17) is 0 Å². The van der Waals surface area contributed by atoms with Crippen LogP contribution < -0.4 is 0 Å². The fourth-order valence-corrected chi connectivity index (χ4v) is 5.58. The Balaban J connectivity index is -0.0000000713. The first kappa shape index (κ1) is 63.0. The minimum atomic E-state index is 0. The number of hydrogen-bond donors (Lipinski definition) is 0. The molecule has 0 heterocycles. The molecule has 1 rings (SSSR count). The summed E-state index contributed by atoms with van der Waals surface area (Å²) in [6, 6.07) is 8.94. The molecule has 1 aromatic carbocycles. The van der Waals surface area contributed by atoms with E-state index in [1.54, 1.807) is 0 Å². The summed E-state index contributed by atoms with van der Waals surface area (Å²) in [5.41, 5.74) is 3.45. The molecule has 0 spiro atoms. The van der Waals surface area contributed by atoms with E-state index in [-0.39, 0.29) is 29.7 Å². The second-order valence-corrected chi connectivity index (χ2v) is 14.9. The minimum Gasteiger partial charge on any atom is -0.0776 e. The van der Waals surface area contributed by atoms with E-state index in [1.807, 2.05) is 0 Å². The summed E-state index contributed by atoms with van der Waals surface area (Å²) in [6.45, 7) is 41.0. The molecule has 0 amide bonds. The highest BCUT2D eigenvalue weighted by atomic mass is 14.4. The van der Waals surface area contributed by atoms with Gasteiger partial charge in [-0.2, -0.15) is 0 Å². The van der Waals surface area contributed by atoms with E-state index in [0.717, 1.165) is 23.7 Å². The third-order valence-corrected chi connectivity index (χ3v) is 6.84. The predicted molar refractivity (Wildman–Crippen MR) is 224 cm³/mol. The quantitative estimate of drug-likeness (QED) is 0.201. The van der Waals surface area contributed by atoms with Crippen molar-refractivity contribution in [2.45, 2.75) is 230 Å². The summed E-state index contributed by atoms with van der Waals surface area (Å²) < 4.78 is 0. The molecule has 0 aliphatic rings. The van der Waals surface area contributed by atoms with Gasteiger partial charge in [0.05, 0.1) is 0 Å². The lowest BCUT2D eigenvalue weighted by Crippen LogP contribution is -2.29. The summed E-state index contributed by atoms with van der Waals surface area (Å²) in [5.74, 6) is 4.59. The monoisotopic (exact) mass is 641 g/mol. The van der Waals surface area contributed by atoms with Crippen LogP contribution in [0.1, 0.15) is 242 Å². The zero-order valence-corrected chi connectivity index (χ0v) is 32.3. The van der Waals surface area contributed by atoms with Gasteiger partial charge in [-0.3, -0.25) is 0 Å². The smallest absolute Gasteiger partial charge is 0.0219 e. The van der Waals surface area contributed by atoms with Gasteiger partial charge in [-0.05, 0) is 77.7 Å². The number of hydrogen-bond acceptors (Lipinski definition) is 0. The first-order valence-electron chi connectivity index (χ1n) is 18.1. The molecule has 0 saturated heterocycles. The van der Waals surface area contributed by atoms with E-state index < -0.39 is 0 Å². The van der Waals surface area contributed by atoms with Crippen LogP contribution in [0.3, 0.4) is 0 Å². The SMILES string of the molecule is C.C.C.C.CC(C)CC(CC(C)C)(CC(C)C)CC(C)C.CC(C)c1ccc(C(C)C)cc1.CCC.CCCC.CCCCC. The molecule has 45 heavy (non-hydrogen) atoms. The highest BCUT2D eigenvalue weighted by Crippen LogP contribution is 2.44. The molecule has 0 N–H and O–H groups in total. The van der Waals surface area contributed by atoms with Crippen LogP contribution in [0, 0.1) is 29.1 Å². The van der Waals surface area contributed by atoms with Crippen molar-refractivity contribution >= 4 is 0 Å². The second kappa shape index (κ2) is 41.2. The Morgan fingerprint density at radius 1 is 0.400 bits per heavy atom. The summed E-state index contributed by atoms with van der Waals surface area (Å²) in [6.07, 6.45) is 13.6. The topological polar surface area (TPSA) is 0 Å². The average molecular weight is 641 g/mol. The molecule has 0 aromatic heterocycles. The average Bonchev–Trinajstić information content (AvgIpc) is 2.84. The lowest BCUT2D eigenvalue weighted by molar-refractivity contribution is 0.111. The highest BCUT2D eigenvalue weighted by molar-refractivity contribution is 5.26. The summed E-state index contributed by atoms with van der Waals surface area (Å²) in [5, 5.41) is 0. The largest absolute Gasteiger partial charge is 0.0776 e. The Kier molecular flexibility index (Phi) is 57.7. The number of benzene rings is 1. The van der Waals surface area contributed by atoms with Crippen LogP contribution in [0.4, 0.5) is 0 Å². The van der Waals surface area contributed by atoms with Crippen molar-refractivity contribution in [3.05, 3.63) is 35.4 Å². The molecule has 0 heteroatoms. The van der Waals surface area contributed by atoms with E-state index in [1.165, 1.54) is 75.3 Å². The van der Waals surface area contributed by atoms with Gasteiger partial charge in [-0.1, -0.05) is 217 Å². The molecule has 0 fully saturated rings. The molecule has 0 atom stereocenters. The van der Waals surface area contributed by atoms with E-state index in [2.05, 4.69) is 149 Å². The lowest BCUT2D eigenvalue weighted by atomic mass is 9.65. The molecule has 280 valence electrons. The molecule has 0 unspecified atom stereocenters. The van der Waals surface area contributed by atoms with Gasteiger partial charge in [-0.15, -0.1) is 0 Å². The molecule has 1 aromatic rings. The Labute approximate surface area is 294 Å². The van der Waals surface area contributed by atoms with Crippen LogP contribution in [-0.2, 0) is 0 Å². The van der Waals surface area contributed by atoms with Crippen molar-refractivity contribution in [3.63, 3.8) is 0 Å². The van der Waals surface area contributed by atoms with Gasteiger partial charge in [0.25, 0.3) is 0 Å². The van der Waals surface area contributed by atoms with E-state index >= 15 is 0 Å². The Morgan fingerprint density at radius 3 is 0.689 bits per heavy atom. The number of unbranched alkanes of at least 4 members (excludes halogenated alkanes) is 3. The summed E-state index contributed by atoms with van der Waals surface area (Å²) in [7, 11) is 0. The van der Waals surface area contributed by atoms with Gasteiger partial charge >= 0.3 is 0 Å². The van der Waals surface area contributed by atoms with Gasteiger partial charge in [-0.25, -0.2) is 0 Å². The standard InChI is InChI=1S/C17H36.C12H18.C5H12.C4H10.C3H8.4CH4/c1-13(2)9-17(10-14(3)4,11-15(5)6)12-16(7)8;1-9(2)11-5-7-12(8-6-11)10(3)4;1-3-5-4-2;1-3-4-2;1-3-2;;;;/h13-16H,9-12H2,1-8H3;5-10H,1-4H3;3-5H2,1-2H3;3-4H2,1-2H3;3H2,1-2H3;4*1H4. The maximum atomic E-state index is 2.38. The number of rotatable bonds is 13. The highest BCUT2D eigenvalue weighted by Gasteiger charge is 2.33. The molecular weight excluding hydrogens is 540 g/mol. The Bertz CT molecular complexity index is 523. The van der Waals surface area contributed by atoms with Crippen LogP contribution in [0.2, 0.25) is 0 Å². The third kappa shape index (κ3) is 45.4. The molecule has 0 radical (unpaired) electrons. The van der Waals surface area contributed by atoms with Crippen LogP contribution in [0.5, 0.6) is 0 Å². The minimum absolute atomic E-state index is 0. The van der Waals surface area contributed by atoms with Crippen molar-refractivity contribution < 1.29 is 0 Å². The van der Waals surface area contributed by atoms with Gasteiger partial charge in [0.15, 0.2) is 0 Å². The van der Waals surface area contributed by atoms with Crippen LogP contribution in [0.25, 0.3) is 0 Å². The molecule has 0 saturated carbocycles. The van der Waals surface area contributed by atoms with Crippen molar-refractivity contribution in [2.24, 2.45) is 29.1 Å². The maximum absolute atomic E-state index is 2.38. The third-order valence-electron chi connectivity index (χ3n) is 6.84. The maximum Gasteiger partial charge on any atom is -0.0219 e. The van der Waals surface area contributed by atoms with Crippen molar-refractivity contribution in [3.8, 4) is 0 Å². The Hall–Kier alpha value is -0.780. The normalized spacial score (nSPS) is 10.0. The fraction of sp³-hybridized carbons (Fsp3) is 0.867. The van der Waals surface area contributed by atoms with Crippen molar-refractivity contribution in [2.75, 3.05) is 0 Å². The zero-order chi connectivity index (χ0) is 33.0. The lowest BCUT2D eigenvalue weighted by Gasteiger charge is -2.40. The molecular formula is C45H100. The Morgan fingerprint density at radius 2 is 0.600 bits per heavy atom. The van der Waals surface area contributed by atoms with Gasteiger partial charge in [0.1, 0.15) is 0 Å². The van der Waals surface area contributed by atoms with Gasteiger partial charge in [0.2, 0.25) is 0 Å². The van der Waals surface area contributed by atoms with E-state index in [0.29, 0.717) is 17.3 Å². The second-order valence-electron chi connectivity index (χ2n) is 14.9. The van der Waals surface area contributed by atoms with E-state index in [9.17, 15) is 0 Å². The molecule has 0 aliphatic heterocycles. The summed E-state index contributed by atoms with van der Waals surface area (Å²) in [4.78, 5) is 0. The first-order chi connectivity index (χ1) is 19.0. The van der Waals surface area contributed by atoms with Crippen molar-refractivity contribution in [1.29, 1.82) is 0 Å². The first-order valence-corrected chi connectivity index (χ1v) is 18.1. The molecule has 0 aliphatic carbocycles.